The van der Waals surface area contributed by atoms with Gasteiger partial charge in [-0.25, -0.2) is 9.78 Å². The summed E-state index contributed by atoms with van der Waals surface area (Å²) in [5.41, 5.74) is 0.201. The molecule has 1 heterocycles. The van der Waals surface area contributed by atoms with Gasteiger partial charge in [-0.1, -0.05) is 0 Å². The molecule has 0 radical (unpaired) electrons. The average Bonchev–Trinajstić information content (AvgIpc) is 2.37. The number of carbonyl (C=O) groups is 1. The van der Waals surface area contributed by atoms with E-state index in [0.29, 0.717) is 19.0 Å². The van der Waals surface area contributed by atoms with Gasteiger partial charge in [0.1, 0.15) is 5.82 Å². The predicted octanol–water partition coefficient (Wildman–Crippen LogP) is 1.12. The summed E-state index contributed by atoms with van der Waals surface area (Å²) in [7, 11) is 3.19. The molecular formula is C12H19N3O3. The van der Waals surface area contributed by atoms with Crippen molar-refractivity contribution in [1.82, 2.24) is 9.97 Å². The second-order valence-electron chi connectivity index (χ2n) is 4.10. The third kappa shape index (κ3) is 4.29. The van der Waals surface area contributed by atoms with E-state index in [4.69, 9.17) is 4.74 Å². The highest BCUT2D eigenvalue weighted by molar-refractivity contribution is 5.87. The number of anilines is 1. The maximum atomic E-state index is 11.3. The van der Waals surface area contributed by atoms with Crippen LogP contribution >= 0.6 is 0 Å². The van der Waals surface area contributed by atoms with Gasteiger partial charge in [0, 0.05) is 13.6 Å². The maximum Gasteiger partial charge on any atom is 0.358 e. The number of ether oxygens (including phenoxy) is 2. The molecule has 18 heavy (non-hydrogen) atoms. The molecule has 1 aromatic heterocycles. The van der Waals surface area contributed by atoms with Crippen molar-refractivity contribution in [3.05, 3.63) is 18.1 Å². The Balaban J connectivity index is 2.62. The maximum absolute atomic E-state index is 11.3. The van der Waals surface area contributed by atoms with E-state index < -0.39 is 5.97 Å². The highest BCUT2D eigenvalue weighted by atomic mass is 16.5. The Bertz CT molecular complexity index is 396. The van der Waals surface area contributed by atoms with Crippen molar-refractivity contribution in [3.63, 3.8) is 0 Å². The van der Waals surface area contributed by atoms with Crippen LogP contribution < -0.4 is 4.90 Å². The first-order valence-electron chi connectivity index (χ1n) is 5.77. The van der Waals surface area contributed by atoms with Gasteiger partial charge in [0.15, 0.2) is 5.69 Å². The first kappa shape index (κ1) is 14.4. The highest BCUT2D eigenvalue weighted by Crippen LogP contribution is 2.08. The van der Waals surface area contributed by atoms with Crippen LogP contribution in [0.25, 0.3) is 0 Å². The SMILES string of the molecule is COC(=O)c1cncc(N(C)CCOC(C)C)n1. The summed E-state index contributed by atoms with van der Waals surface area (Å²) in [4.78, 5) is 21.3. The minimum Gasteiger partial charge on any atom is -0.464 e. The fourth-order valence-corrected chi connectivity index (χ4v) is 1.28. The van der Waals surface area contributed by atoms with Crippen LogP contribution in [0.15, 0.2) is 12.4 Å². The van der Waals surface area contributed by atoms with Gasteiger partial charge in [-0.05, 0) is 13.8 Å². The molecule has 6 nitrogen and oxygen atoms in total. The molecule has 0 saturated carbocycles. The molecular weight excluding hydrogens is 234 g/mol. The van der Waals surface area contributed by atoms with E-state index in [1.54, 1.807) is 6.20 Å². The van der Waals surface area contributed by atoms with Gasteiger partial charge >= 0.3 is 5.97 Å². The largest absolute Gasteiger partial charge is 0.464 e. The fraction of sp³-hybridized carbons (Fsp3) is 0.583. The lowest BCUT2D eigenvalue weighted by atomic mass is 10.4. The molecule has 0 amide bonds. The van der Waals surface area contributed by atoms with Gasteiger partial charge in [-0.3, -0.25) is 4.98 Å². The van der Waals surface area contributed by atoms with Crippen molar-refractivity contribution in [2.75, 3.05) is 32.2 Å². The molecule has 100 valence electrons. The smallest absolute Gasteiger partial charge is 0.358 e. The Morgan fingerprint density at radius 3 is 2.78 bits per heavy atom. The Hall–Kier alpha value is -1.69. The van der Waals surface area contributed by atoms with E-state index in [-0.39, 0.29) is 11.8 Å². The zero-order chi connectivity index (χ0) is 13.5. The molecule has 0 fully saturated rings. The van der Waals surface area contributed by atoms with Crippen LogP contribution in [0.1, 0.15) is 24.3 Å². The van der Waals surface area contributed by atoms with Crippen molar-refractivity contribution in [3.8, 4) is 0 Å². The minimum atomic E-state index is -0.490. The number of carbonyl (C=O) groups excluding carboxylic acids is 1. The lowest BCUT2D eigenvalue weighted by Gasteiger charge is -2.18. The van der Waals surface area contributed by atoms with Crippen LogP contribution in [0.3, 0.4) is 0 Å². The highest BCUT2D eigenvalue weighted by Gasteiger charge is 2.10. The first-order chi connectivity index (χ1) is 8.54. The lowest BCUT2D eigenvalue weighted by Crippen LogP contribution is -2.25. The Labute approximate surface area is 107 Å². The molecule has 0 atom stereocenters. The van der Waals surface area contributed by atoms with Crippen molar-refractivity contribution in [2.24, 2.45) is 0 Å². The van der Waals surface area contributed by atoms with Gasteiger partial charge in [-0.15, -0.1) is 0 Å². The number of methoxy groups -OCH3 is 1. The van der Waals surface area contributed by atoms with Gasteiger partial charge in [-0.2, -0.15) is 0 Å². The van der Waals surface area contributed by atoms with E-state index in [1.165, 1.54) is 13.3 Å². The fourth-order valence-electron chi connectivity index (χ4n) is 1.28. The van der Waals surface area contributed by atoms with Gasteiger partial charge < -0.3 is 14.4 Å². The molecule has 1 rings (SSSR count). The van der Waals surface area contributed by atoms with Crippen LogP contribution in [-0.2, 0) is 9.47 Å². The van der Waals surface area contributed by atoms with E-state index >= 15 is 0 Å². The van der Waals surface area contributed by atoms with E-state index in [9.17, 15) is 4.79 Å². The first-order valence-corrected chi connectivity index (χ1v) is 5.77. The second kappa shape index (κ2) is 6.90. The van der Waals surface area contributed by atoms with E-state index in [1.807, 2.05) is 25.8 Å². The van der Waals surface area contributed by atoms with Crippen LogP contribution in [0.4, 0.5) is 5.82 Å². The molecule has 0 aliphatic rings. The zero-order valence-electron chi connectivity index (χ0n) is 11.2. The number of aromatic nitrogens is 2. The Kier molecular flexibility index (Phi) is 5.51. The van der Waals surface area contributed by atoms with Crippen molar-refractivity contribution in [2.45, 2.75) is 20.0 Å². The third-order valence-electron chi connectivity index (χ3n) is 2.29. The van der Waals surface area contributed by atoms with Crippen molar-refractivity contribution in [1.29, 1.82) is 0 Å². The third-order valence-corrected chi connectivity index (χ3v) is 2.29. The molecule has 1 aromatic rings. The molecule has 0 aliphatic carbocycles. The molecule has 0 aliphatic heterocycles. The number of hydrogen-bond acceptors (Lipinski definition) is 6. The predicted molar refractivity (Wildman–Crippen MR) is 67.7 cm³/mol. The molecule has 0 spiro atoms. The number of likely N-dealkylation sites (N-methyl/N-ethyl adjacent to an activating group) is 1. The summed E-state index contributed by atoms with van der Waals surface area (Å²) in [6, 6.07) is 0. The summed E-state index contributed by atoms with van der Waals surface area (Å²) in [5, 5.41) is 0. The Morgan fingerprint density at radius 1 is 1.44 bits per heavy atom. The van der Waals surface area contributed by atoms with Crippen LogP contribution in [0.5, 0.6) is 0 Å². The monoisotopic (exact) mass is 253 g/mol. The van der Waals surface area contributed by atoms with E-state index in [2.05, 4.69) is 14.7 Å². The van der Waals surface area contributed by atoms with Crippen LogP contribution in [0, 0.1) is 0 Å². The van der Waals surface area contributed by atoms with E-state index in [0.717, 1.165) is 0 Å². The lowest BCUT2D eigenvalue weighted by molar-refractivity contribution is 0.0593. The summed E-state index contributed by atoms with van der Waals surface area (Å²) in [5.74, 6) is 0.126. The zero-order valence-corrected chi connectivity index (χ0v) is 11.2. The average molecular weight is 253 g/mol. The number of nitrogens with zero attached hydrogens (tertiary/aromatic N) is 3. The standard InChI is InChI=1S/C12H19N3O3/c1-9(2)18-6-5-15(3)11-8-13-7-10(14-11)12(16)17-4/h7-9H,5-6H2,1-4H3. The normalized spacial score (nSPS) is 10.5. The van der Waals surface area contributed by atoms with Crippen LogP contribution in [0.2, 0.25) is 0 Å². The quantitative estimate of drug-likeness (QED) is 0.708. The molecule has 0 bridgehead atoms. The summed E-state index contributed by atoms with van der Waals surface area (Å²) in [6.07, 6.45) is 3.18. The summed E-state index contributed by atoms with van der Waals surface area (Å²) in [6.45, 7) is 5.24. The number of esters is 1. The molecule has 6 heteroatoms. The molecule has 0 aromatic carbocycles. The van der Waals surface area contributed by atoms with Gasteiger partial charge in [0.2, 0.25) is 0 Å². The van der Waals surface area contributed by atoms with Crippen molar-refractivity contribution < 1.29 is 14.3 Å². The minimum absolute atomic E-state index is 0.200. The van der Waals surface area contributed by atoms with Crippen LogP contribution in [-0.4, -0.2) is 49.4 Å². The summed E-state index contributed by atoms with van der Waals surface area (Å²) < 4.78 is 10.1. The topological polar surface area (TPSA) is 64.5 Å². The molecule has 0 unspecified atom stereocenters. The summed E-state index contributed by atoms with van der Waals surface area (Å²) >= 11 is 0. The molecule has 0 saturated heterocycles. The second-order valence-corrected chi connectivity index (χ2v) is 4.10. The molecule has 0 N–H and O–H groups in total. The number of hydrogen-bond donors (Lipinski definition) is 0. The Morgan fingerprint density at radius 2 is 2.17 bits per heavy atom. The van der Waals surface area contributed by atoms with Crippen molar-refractivity contribution >= 4 is 11.8 Å². The number of rotatable bonds is 6. The van der Waals surface area contributed by atoms with Gasteiger partial charge in [0.05, 0.1) is 32.2 Å². The van der Waals surface area contributed by atoms with Gasteiger partial charge in [0.25, 0.3) is 0 Å².